The van der Waals surface area contributed by atoms with Crippen molar-refractivity contribution in [2.45, 2.75) is 45.4 Å². The highest BCUT2D eigenvalue weighted by Gasteiger charge is 2.21. The van der Waals surface area contributed by atoms with E-state index in [-0.39, 0.29) is 0 Å². The average molecular weight is 219 g/mol. The van der Waals surface area contributed by atoms with Crippen LogP contribution in [0.15, 0.2) is 24.3 Å². The minimum absolute atomic E-state index is 0.406. The fraction of sp³-hybridized carbons (Fsp3) is 0.571. The number of hydrogen-bond donors (Lipinski definition) is 1. The summed E-state index contributed by atoms with van der Waals surface area (Å²) < 4.78 is 5.67. The van der Waals surface area contributed by atoms with E-state index < -0.39 is 0 Å². The van der Waals surface area contributed by atoms with Crippen LogP contribution in [0.3, 0.4) is 0 Å². The molecule has 0 aliphatic carbocycles. The number of hydrogen-bond acceptors (Lipinski definition) is 2. The van der Waals surface area contributed by atoms with Gasteiger partial charge in [-0.1, -0.05) is 24.3 Å². The molecule has 2 heteroatoms. The van der Waals surface area contributed by atoms with Crippen molar-refractivity contribution < 1.29 is 4.74 Å². The first kappa shape index (κ1) is 11.6. The highest BCUT2D eigenvalue weighted by molar-refractivity contribution is 5.25. The topological polar surface area (TPSA) is 21.3 Å². The molecular weight excluding hydrogens is 198 g/mol. The van der Waals surface area contributed by atoms with Gasteiger partial charge in [0.25, 0.3) is 0 Å². The Kier molecular flexibility index (Phi) is 3.97. The number of rotatable bonds is 4. The molecular formula is C14H21NO. The van der Waals surface area contributed by atoms with Crippen molar-refractivity contribution in [3.8, 4) is 0 Å². The van der Waals surface area contributed by atoms with Gasteiger partial charge in [0.15, 0.2) is 0 Å². The van der Waals surface area contributed by atoms with Crippen molar-refractivity contribution >= 4 is 0 Å². The summed E-state index contributed by atoms with van der Waals surface area (Å²) in [6, 6.07) is 8.98. The fourth-order valence-electron chi connectivity index (χ4n) is 2.21. The van der Waals surface area contributed by atoms with Crippen LogP contribution < -0.4 is 5.32 Å². The Bertz CT molecular complexity index is 331. The number of aryl methyl sites for hydroxylation is 1. The second-order valence-electron chi connectivity index (χ2n) is 4.65. The molecule has 1 saturated heterocycles. The Morgan fingerprint density at radius 2 is 2.25 bits per heavy atom. The van der Waals surface area contributed by atoms with E-state index in [1.54, 1.807) is 0 Å². The van der Waals surface area contributed by atoms with Gasteiger partial charge in [-0.05, 0) is 37.8 Å². The first-order chi connectivity index (χ1) is 7.77. The van der Waals surface area contributed by atoms with Gasteiger partial charge in [0, 0.05) is 19.2 Å². The van der Waals surface area contributed by atoms with Gasteiger partial charge in [-0.3, -0.25) is 0 Å². The Morgan fingerprint density at radius 3 is 2.94 bits per heavy atom. The minimum atomic E-state index is 0.406. The molecule has 0 aromatic heterocycles. The van der Waals surface area contributed by atoms with Crippen LogP contribution in [0.1, 0.15) is 30.9 Å². The molecule has 1 fully saturated rings. The van der Waals surface area contributed by atoms with Crippen molar-refractivity contribution in [1.29, 1.82) is 0 Å². The lowest BCUT2D eigenvalue weighted by Gasteiger charge is -2.20. The van der Waals surface area contributed by atoms with Crippen LogP contribution in [0.4, 0.5) is 0 Å². The van der Waals surface area contributed by atoms with E-state index in [9.17, 15) is 0 Å². The quantitative estimate of drug-likeness (QED) is 0.840. The van der Waals surface area contributed by atoms with E-state index in [0.29, 0.717) is 12.1 Å². The second kappa shape index (κ2) is 5.46. The summed E-state index contributed by atoms with van der Waals surface area (Å²) in [5.74, 6) is 0. The highest BCUT2D eigenvalue weighted by Crippen LogP contribution is 2.16. The third kappa shape index (κ3) is 2.83. The predicted molar refractivity (Wildman–Crippen MR) is 66.5 cm³/mol. The lowest BCUT2D eigenvalue weighted by Crippen LogP contribution is -2.36. The molecule has 0 amide bonds. The van der Waals surface area contributed by atoms with Gasteiger partial charge in [-0.2, -0.15) is 0 Å². The molecule has 1 aliphatic heterocycles. The summed E-state index contributed by atoms with van der Waals surface area (Å²) in [4.78, 5) is 0. The molecule has 1 aliphatic rings. The molecule has 2 nitrogen and oxygen atoms in total. The molecule has 2 unspecified atom stereocenters. The second-order valence-corrected chi connectivity index (χ2v) is 4.65. The summed E-state index contributed by atoms with van der Waals surface area (Å²) >= 11 is 0. The number of ether oxygens (including phenoxy) is 1. The minimum Gasteiger partial charge on any atom is -0.377 e. The maximum atomic E-state index is 5.67. The third-order valence-corrected chi connectivity index (χ3v) is 3.40. The van der Waals surface area contributed by atoms with E-state index in [1.807, 2.05) is 0 Å². The van der Waals surface area contributed by atoms with E-state index in [4.69, 9.17) is 4.74 Å². The molecule has 0 saturated carbocycles. The Labute approximate surface area is 98.0 Å². The summed E-state index contributed by atoms with van der Waals surface area (Å²) in [7, 11) is 0. The lowest BCUT2D eigenvalue weighted by molar-refractivity contribution is 0.0832. The molecule has 1 heterocycles. The van der Waals surface area contributed by atoms with Gasteiger partial charge in [-0.25, -0.2) is 0 Å². The highest BCUT2D eigenvalue weighted by atomic mass is 16.5. The van der Waals surface area contributed by atoms with Crippen LogP contribution in [-0.4, -0.2) is 18.8 Å². The summed E-state index contributed by atoms with van der Waals surface area (Å²) in [6.45, 7) is 6.25. The fourth-order valence-corrected chi connectivity index (χ4v) is 2.21. The van der Waals surface area contributed by atoms with Crippen molar-refractivity contribution in [2.75, 3.05) is 6.61 Å². The van der Waals surface area contributed by atoms with Crippen LogP contribution in [-0.2, 0) is 11.3 Å². The number of nitrogens with one attached hydrogen (secondary N) is 1. The molecule has 2 rings (SSSR count). The Balaban J connectivity index is 1.84. The maximum Gasteiger partial charge on any atom is 0.0726 e. The Morgan fingerprint density at radius 1 is 1.44 bits per heavy atom. The van der Waals surface area contributed by atoms with Gasteiger partial charge < -0.3 is 10.1 Å². The Hall–Kier alpha value is -0.860. The first-order valence-corrected chi connectivity index (χ1v) is 6.17. The van der Waals surface area contributed by atoms with Crippen LogP contribution >= 0.6 is 0 Å². The largest absolute Gasteiger partial charge is 0.377 e. The average Bonchev–Trinajstić information content (AvgIpc) is 2.81. The monoisotopic (exact) mass is 219 g/mol. The van der Waals surface area contributed by atoms with Gasteiger partial charge in [-0.15, -0.1) is 0 Å². The molecule has 1 aromatic rings. The molecule has 0 spiro atoms. The van der Waals surface area contributed by atoms with Gasteiger partial charge >= 0.3 is 0 Å². The summed E-state index contributed by atoms with van der Waals surface area (Å²) in [5, 5.41) is 3.56. The van der Waals surface area contributed by atoms with Gasteiger partial charge in [0.05, 0.1) is 6.10 Å². The zero-order valence-electron chi connectivity index (χ0n) is 10.2. The van der Waals surface area contributed by atoms with E-state index in [0.717, 1.165) is 13.2 Å². The lowest BCUT2D eigenvalue weighted by atomic mass is 10.1. The smallest absolute Gasteiger partial charge is 0.0726 e. The van der Waals surface area contributed by atoms with Crippen molar-refractivity contribution in [3.63, 3.8) is 0 Å². The van der Waals surface area contributed by atoms with Crippen molar-refractivity contribution in [1.82, 2.24) is 5.32 Å². The third-order valence-electron chi connectivity index (χ3n) is 3.40. The SMILES string of the molecule is Cc1ccccc1CNC(C)C1CCCO1. The summed E-state index contributed by atoms with van der Waals surface area (Å²) in [6.07, 6.45) is 2.81. The van der Waals surface area contributed by atoms with Crippen molar-refractivity contribution in [3.05, 3.63) is 35.4 Å². The zero-order chi connectivity index (χ0) is 11.4. The van der Waals surface area contributed by atoms with Crippen LogP contribution in [0.25, 0.3) is 0 Å². The van der Waals surface area contributed by atoms with E-state index >= 15 is 0 Å². The van der Waals surface area contributed by atoms with Crippen LogP contribution in [0.5, 0.6) is 0 Å². The van der Waals surface area contributed by atoms with Crippen LogP contribution in [0.2, 0.25) is 0 Å². The first-order valence-electron chi connectivity index (χ1n) is 6.17. The maximum absolute atomic E-state index is 5.67. The molecule has 0 bridgehead atoms. The summed E-state index contributed by atoms with van der Waals surface area (Å²) in [5.41, 5.74) is 2.74. The van der Waals surface area contributed by atoms with Gasteiger partial charge in [0.1, 0.15) is 0 Å². The predicted octanol–water partition coefficient (Wildman–Crippen LogP) is 2.65. The molecule has 1 N–H and O–H groups in total. The van der Waals surface area contributed by atoms with Crippen molar-refractivity contribution in [2.24, 2.45) is 0 Å². The number of benzene rings is 1. The van der Waals surface area contributed by atoms with Crippen LogP contribution in [0, 0.1) is 6.92 Å². The standard InChI is InChI=1S/C14H21NO/c1-11-6-3-4-7-13(11)10-15-12(2)14-8-5-9-16-14/h3-4,6-7,12,14-15H,5,8-10H2,1-2H3. The van der Waals surface area contributed by atoms with E-state index in [2.05, 4.69) is 43.4 Å². The van der Waals surface area contributed by atoms with Gasteiger partial charge in [0.2, 0.25) is 0 Å². The molecule has 16 heavy (non-hydrogen) atoms. The molecule has 0 radical (unpaired) electrons. The molecule has 1 aromatic carbocycles. The van der Waals surface area contributed by atoms with E-state index in [1.165, 1.54) is 24.0 Å². The normalized spacial score (nSPS) is 22.2. The zero-order valence-corrected chi connectivity index (χ0v) is 10.2. The molecule has 2 atom stereocenters. The molecule has 88 valence electrons.